The molecule has 0 bridgehead atoms. The molecule has 2 aromatic heterocycles. The summed E-state index contributed by atoms with van der Waals surface area (Å²) < 4.78 is 0. The van der Waals surface area contributed by atoms with Crippen LogP contribution in [0.5, 0.6) is 0 Å². The Kier molecular flexibility index (Phi) is 2.82. The van der Waals surface area contributed by atoms with E-state index in [0.717, 1.165) is 39.2 Å². The van der Waals surface area contributed by atoms with E-state index in [9.17, 15) is 0 Å². The van der Waals surface area contributed by atoms with Gasteiger partial charge in [0.25, 0.3) is 0 Å². The molecule has 0 unspecified atom stereocenters. The Morgan fingerprint density at radius 1 is 0.955 bits per heavy atom. The zero-order valence-electron chi connectivity index (χ0n) is 12.5. The number of aromatic nitrogens is 4. The summed E-state index contributed by atoms with van der Waals surface area (Å²) in [5.74, 6) is 0.916. The van der Waals surface area contributed by atoms with Crippen molar-refractivity contribution in [1.82, 2.24) is 20.2 Å². The lowest BCUT2D eigenvalue weighted by atomic mass is 10.0. The van der Waals surface area contributed by atoms with Crippen LogP contribution < -0.4 is 0 Å². The van der Waals surface area contributed by atoms with Crippen molar-refractivity contribution in [2.75, 3.05) is 0 Å². The Labute approximate surface area is 128 Å². The second-order valence-corrected chi connectivity index (χ2v) is 5.59. The van der Waals surface area contributed by atoms with Crippen molar-refractivity contribution in [3.05, 3.63) is 60.0 Å². The van der Waals surface area contributed by atoms with Crippen LogP contribution >= 0.6 is 0 Å². The smallest absolute Gasteiger partial charge is 0.104 e. The number of benzene rings is 2. The number of aryl methyl sites for hydroxylation is 2. The van der Waals surface area contributed by atoms with E-state index in [1.807, 2.05) is 19.2 Å². The quantitative estimate of drug-likeness (QED) is 0.579. The predicted octanol–water partition coefficient (Wildman–Crippen LogP) is 4.24. The van der Waals surface area contributed by atoms with Crippen LogP contribution in [0.3, 0.4) is 0 Å². The van der Waals surface area contributed by atoms with Crippen LogP contribution in [0.1, 0.15) is 11.4 Å². The fourth-order valence-corrected chi connectivity index (χ4v) is 2.80. The zero-order valence-corrected chi connectivity index (χ0v) is 12.5. The van der Waals surface area contributed by atoms with E-state index in [2.05, 4.69) is 63.5 Å². The highest BCUT2D eigenvalue weighted by atomic mass is 15.1. The molecule has 0 aliphatic rings. The van der Waals surface area contributed by atoms with Gasteiger partial charge in [0.1, 0.15) is 5.82 Å². The second-order valence-electron chi connectivity index (χ2n) is 5.59. The molecule has 0 amide bonds. The lowest BCUT2D eigenvalue weighted by Crippen LogP contribution is -1.85. The van der Waals surface area contributed by atoms with Crippen LogP contribution in [-0.2, 0) is 0 Å². The molecule has 108 valence electrons. The predicted molar refractivity (Wildman–Crippen MR) is 88.6 cm³/mol. The van der Waals surface area contributed by atoms with E-state index in [-0.39, 0.29) is 0 Å². The first kappa shape index (κ1) is 12.8. The molecule has 2 N–H and O–H groups in total. The van der Waals surface area contributed by atoms with Gasteiger partial charge < -0.3 is 4.98 Å². The minimum atomic E-state index is 0.916. The van der Waals surface area contributed by atoms with Gasteiger partial charge in [-0.15, -0.1) is 0 Å². The highest BCUT2D eigenvalue weighted by Crippen LogP contribution is 2.31. The van der Waals surface area contributed by atoms with Crippen molar-refractivity contribution in [1.29, 1.82) is 0 Å². The van der Waals surface area contributed by atoms with Gasteiger partial charge in [0, 0.05) is 16.5 Å². The fraction of sp³-hybridized carbons (Fsp3) is 0.111. The fourth-order valence-electron chi connectivity index (χ4n) is 2.80. The van der Waals surface area contributed by atoms with Gasteiger partial charge in [-0.1, -0.05) is 29.8 Å². The van der Waals surface area contributed by atoms with Crippen LogP contribution in [0.4, 0.5) is 0 Å². The number of hydrogen-bond donors (Lipinski definition) is 2. The maximum atomic E-state index is 4.69. The molecule has 2 heterocycles. The summed E-state index contributed by atoms with van der Waals surface area (Å²) in [6.45, 7) is 4.08. The highest BCUT2D eigenvalue weighted by Gasteiger charge is 2.13. The van der Waals surface area contributed by atoms with Gasteiger partial charge in [0.15, 0.2) is 0 Å². The number of rotatable bonds is 2. The normalized spacial score (nSPS) is 11.2. The second kappa shape index (κ2) is 4.84. The minimum absolute atomic E-state index is 0.916. The van der Waals surface area contributed by atoms with E-state index in [4.69, 9.17) is 0 Å². The van der Waals surface area contributed by atoms with Gasteiger partial charge in [0.05, 0.1) is 23.1 Å². The Hall–Kier alpha value is -2.88. The minimum Gasteiger partial charge on any atom is -0.342 e. The van der Waals surface area contributed by atoms with Crippen LogP contribution in [-0.4, -0.2) is 20.2 Å². The van der Waals surface area contributed by atoms with Gasteiger partial charge in [0.2, 0.25) is 0 Å². The summed E-state index contributed by atoms with van der Waals surface area (Å²) in [4.78, 5) is 8.08. The summed E-state index contributed by atoms with van der Waals surface area (Å²) in [6.07, 6.45) is 1.84. The molecular weight excluding hydrogens is 272 g/mol. The third kappa shape index (κ3) is 2.09. The SMILES string of the molecule is Cc1cccc(-c2nc(C)[nH]c2-c2ccc3[nH]ncc3c2)c1. The molecule has 4 aromatic rings. The number of aromatic amines is 2. The number of nitrogens with zero attached hydrogens (tertiary/aromatic N) is 2. The van der Waals surface area contributed by atoms with Gasteiger partial charge in [-0.05, 0) is 32.0 Å². The molecule has 0 fully saturated rings. The molecule has 4 rings (SSSR count). The van der Waals surface area contributed by atoms with Crippen LogP contribution in [0.15, 0.2) is 48.7 Å². The van der Waals surface area contributed by atoms with E-state index in [0.29, 0.717) is 0 Å². The topological polar surface area (TPSA) is 57.4 Å². The Morgan fingerprint density at radius 3 is 2.73 bits per heavy atom. The first-order valence-corrected chi connectivity index (χ1v) is 7.28. The van der Waals surface area contributed by atoms with Crippen molar-refractivity contribution >= 4 is 10.9 Å². The van der Waals surface area contributed by atoms with Gasteiger partial charge >= 0.3 is 0 Å². The van der Waals surface area contributed by atoms with Crippen LogP contribution in [0.25, 0.3) is 33.4 Å². The van der Waals surface area contributed by atoms with Crippen molar-refractivity contribution in [2.45, 2.75) is 13.8 Å². The molecule has 0 radical (unpaired) electrons. The molecule has 0 atom stereocenters. The first-order chi connectivity index (χ1) is 10.7. The van der Waals surface area contributed by atoms with Crippen molar-refractivity contribution in [3.8, 4) is 22.5 Å². The average Bonchev–Trinajstić information content (AvgIpc) is 3.12. The lowest BCUT2D eigenvalue weighted by Gasteiger charge is -2.04. The van der Waals surface area contributed by atoms with Gasteiger partial charge in [-0.3, -0.25) is 5.10 Å². The van der Waals surface area contributed by atoms with Gasteiger partial charge in [-0.2, -0.15) is 5.10 Å². The van der Waals surface area contributed by atoms with E-state index < -0.39 is 0 Å². The summed E-state index contributed by atoms with van der Waals surface area (Å²) in [6, 6.07) is 14.7. The lowest BCUT2D eigenvalue weighted by molar-refractivity contribution is 1.12. The van der Waals surface area contributed by atoms with E-state index in [1.54, 1.807) is 0 Å². The zero-order chi connectivity index (χ0) is 15.1. The molecule has 0 aliphatic carbocycles. The molecule has 4 heteroatoms. The van der Waals surface area contributed by atoms with Crippen molar-refractivity contribution < 1.29 is 0 Å². The molecule has 0 saturated heterocycles. The standard InChI is InChI=1S/C18H16N4/c1-11-4-3-5-13(8-11)17-18(21-12(2)20-17)14-6-7-16-15(9-14)10-19-22-16/h3-10H,1-2H3,(H,19,22)(H,20,21). The Morgan fingerprint density at radius 2 is 1.86 bits per heavy atom. The van der Waals surface area contributed by atoms with E-state index >= 15 is 0 Å². The Bertz CT molecular complexity index is 962. The number of hydrogen-bond acceptors (Lipinski definition) is 2. The third-order valence-electron chi connectivity index (χ3n) is 3.84. The maximum Gasteiger partial charge on any atom is 0.104 e. The molecule has 4 nitrogen and oxygen atoms in total. The van der Waals surface area contributed by atoms with Crippen LogP contribution in [0, 0.1) is 13.8 Å². The number of imidazole rings is 1. The highest BCUT2D eigenvalue weighted by molar-refractivity contribution is 5.87. The summed E-state index contributed by atoms with van der Waals surface area (Å²) in [5, 5.41) is 8.16. The van der Waals surface area contributed by atoms with Gasteiger partial charge in [-0.25, -0.2) is 4.98 Å². The van der Waals surface area contributed by atoms with Crippen LogP contribution in [0.2, 0.25) is 0 Å². The first-order valence-electron chi connectivity index (χ1n) is 7.28. The largest absolute Gasteiger partial charge is 0.342 e. The molecular formula is C18H16N4. The number of H-pyrrole nitrogens is 2. The molecule has 0 saturated carbocycles. The monoisotopic (exact) mass is 288 g/mol. The summed E-state index contributed by atoms with van der Waals surface area (Å²) in [7, 11) is 0. The van der Waals surface area contributed by atoms with E-state index in [1.165, 1.54) is 5.56 Å². The summed E-state index contributed by atoms with van der Waals surface area (Å²) in [5.41, 5.74) is 6.55. The number of fused-ring (bicyclic) bond motifs is 1. The number of nitrogens with one attached hydrogen (secondary N) is 2. The molecule has 0 aliphatic heterocycles. The molecule has 22 heavy (non-hydrogen) atoms. The average molecular weight is 288 g/mol. The molecule has 2 aromatic carbocycles. The molecule has 0 spiro atoms. The van der Waals surface area contributed by atoms with Crippen molar-refractivity contribution in [2.24, 2.45) is 0 Å². The maximum absolute atomic E-state index is 4.69. The Balaban J connectivity index is 1.91. The van der Waals surface area contributed by atoms with Crippen molar-refractivity contribution in [3.63, 3.8) is 0 Å². The summed E-state index contributed by atoms with van der Waals surface area (Å²) >= 11 is 0. The third-order valence-corrected chi connectivity index (χ3v) is 3.84.